The minimum atomic E-state index is -3.50. The number of aliphatic imine (C=N–C) groups is 1. The van der Waals surface area contributed by atoms with Crippen molar-refractivity contribution in [3.8, 4) is 0 Å². The van der Waals surface area contributed by atoms with E-state index in [2.05, 4.69) is 27.4 Å². The molecule has 0 spiro atoms. The van der Waals surface area contributed by atoms with Gasteiger partial charge in [0.2, 0.25) is 0 Å². The predicted octanol–water partition coefficient (Wildman–Crippen LogP) is 2.11. The second-order valence-electron chi connectivity index (χ2n) is 7.06. The summed E-state index contributed by atoms with van der Waals surface area (Å²) in [6, 6.07) is 3.88. The number of benzene rings is 1. The van der Waals surface area contributed by atoms with Gasteiger partial charge in [0.05, 0.1) is 16.4 Å². The van der Waals surface area contributed by atoms with Gasteiger partial charge in [0.15, 0.2) is 15.8 Å². The first-order valence-corrected chi connectivity index (χ1v) is 11.4. The van der Waals surface area contributed by atoms with Gasteiger partial charge < -0.3 is 15.5 Å². The lowest BCUT2D eigenvalue weighted by molar-refractivity contribution is -0.384. The molecular weight excluding hydrogens is 382 g/mol. The topological polar surface area (TPSA) is 117 Å². The fraction of sp³-hybridized carbons (Fsp3) is 0.611. The second-order valence-corrected chi connectivity index (χ2v) is 9.08. The Morgan fingerprint density at radius 2 is 2.18 bits per heavy atom. The molecule has 2 rings (SSSR count). The molecule has 156 valence electrons. The molecule has 0 aliphatic carbocycles. The zero-order valence-corrected chi connectivity index (χ0v) is 17.5. The smallest absolute Gasteiger partial charge is 0.293 e. The SMILES string of the molecule is CCNC(=NCCNc1ccc(S(C)(=O)=O)cc1[N+](=O)[O-])N1CCCC(C)C1. The summed E-state index contributed by atoms with van der Waals surface area (Å²) in [6.45, 7) is 7.81. The van der Waals surface area contributed by atoms with Gasteiger partial charge in [-0.05, 0) is 37.8 Å². The Morgan fingerprint density at radius 3 is 2.79 bits per heavy atom. The van der Waals surface area contributed by atoms with E-state index in [0.717, 1.165) is 44.3 Å². The number of nitro groups is 1. The zero-order chi connectivity index (χ0) is 20.7. The molecule has 0 radical (unpaired) electrons. The first-order valence-electron chi connectivity index (χ1n) is 9.48. The summed E-state index contributed by atoms with van der Waals surface area (Å²) >= 11 is 0. The van der Waals surface area contributed by atoms with Crippen LogP contribution in [0.15, 0.2) is 28.1 Å². The molecule has 1 aliphatic rings. The molecule has 1 unspecified atom stereocenters. The molecule has 1 aromatic rings. The van der Waals surface area contributed by atoms with Gasteiger partial charge in [0.1, 0.15) is 5.69 Å². The Kier molecular flexibility index (Phi) is 7.61. The fourth-order valence-corrected chi connectivity index (χ4v) is 3.84. The number of hydrogen-bond donors (Lipinski definition) is 2. The number of nitrogens with one attached hydrogen (secondary N) is 2. The Bertz CT molecular complexity index is 825. The van der Waals surface area contributed by atoms with E-state index in [-0.39, 0.29) is 16.3 Å². The summed E-state index contributed by atoms with van der Waals surface area (Å²) in [7, 11) is -3.50. The summed E-state index contributed by atoms with van der Waals surface area (Å²) in [4.78, 5) is 17.5. The molecule has 1 atom stereocenters. The van der Waals surface area contributed by atoms with Crippen LogP contribution in [0.4, 0.5) is 11.4 Å². The maximum absolute atomic E-state index is 11.6. The van der Waals surface area contributed by atoms with E-state index in [1.54, 1.807) is 0 Å². The third-order valence-corrected chi connectivity index (χ3v) is 5.68. The summed E-state index contributed by atoms with van der Waals surface area (Å²) in [5.41, 5.74) is 0.0212. The molecule has 1 aromatic carbocycles. The number of nitro benzene ring substituents is 1. The summed E-state index contributed by atoms with van der Waals surface area (Å²) < 4.78 is 23.2. The van der Waals surface area contributed by atoms with Crippen molar-refractivity contribution in [3.05, 3.63) is 28.3 Å². The van der Waals surface area contributed by atoms with Crippen molar-refractivity contribution in [3.63, 3.8) is 0 Å². The van der Waals surface area contributed by atoms with Crippen molar-refractivity contribution in [2.75, 3.05) is 44.3 Å². The minimum absolute atomic E-state index is 0.0728. The Hall–Kier alpha value is -2.36. The van der Waals surface area contributed by atoms with Crippen molar-refractivity contribution in [1.29, 1.82) is 0 Å². The van der Waals surface area contributed by atoms with Crippen molar-refractivity contribution in [2.45, 2.75) is 31.6 Å². The van der Waals surface area contributed by atoms with Gasteiger partial charge in [-0.3, -0.25) is 15.1 Å². The van der Waals surface area contributed by atoms with E-state index in [1.165, 1.54) is 18.6 Å². The standard InChI is InChI=1S/C18H29N5O4S/c1-4-19-18(22-11-5-6-14(2)13-22)21-10-9-20-16-8-7-15(28(3,26)27)12-17(16)23(24)25/h7-8,12,14,20H,4-6,9-11,13H2,1-3H3,(H,19,21). The maximum Gasteiger partial charge on any atom is 0.293 e. The molecule has 9 nitrogen and oxygen atoms in total. The Morgan fingerprint density at radius 1 is 1.43 bits per heavy atom. The van der Waals surface area contributed by atoms with Gasteiger partial charge in [-0.1, -0.05) is 6.92 Å². The van der Waals surface area contributed by atoms with E-state index in [1.807, 2.05) is 6.92 Å². The van der Waals surface area contributed by atoms with Gasteiger partial charge in [0.25, 0.3) is 5.69 Å². The van der Waals surface area contributed by atoms with Crippen LogP contribution in [0, 0.1) is 16.0 Å². The highest BCUT2D eigenvalue weighted by Crippen LogP contribution is 2.27. The molecule has 28 heavy (non-hydrogen) atoms. The number of hydrogen-bond acceptors (Lipinski definition) is 6. The van der Waals surface area contributed by atoms with Crippen LogP contribution in [0.2, 0.25) is 0 Å². The van der Waals surface area contributed by atoms with Crippen LogP contribution in [0.5, 0.6) is 0 Å². The summed E-state index contributed by atoms with van der Waals surface area (Å²) in [6.07, 6.45) is 3.39. The van der Waals surface area contributed by atoms with E-state index < -0.39 is 14.8 Å². The average molecular weight is 412 g/mol. The fourth-order valence-electron chi connectivity index (χ4n) is 3.20. The van der Waals surface area contributed by atoms with E-state index in [0.29, 0.717) is 19.0 Å². The van der Waals surface area contributed by atoms with E-state index in [4.69, 9.17) is 0 Å². The highest BCUT2D eigenvalue weighted by atomic mass is 32.2. The number of nitrogens with zero attached hydrogens (tertiary/aromatic N) is 3. The van der Waals surface area contributed by atoms with Gasteiger partial charge in [-0.15, -0.1) is 0 Å². The van der Waals surface area contributed by atoms with Crippen LogP contribution >= 0.6 is 0 Å². The monoisotopic (exact) mass is 411 g/mol. The highest BCUT2D eigenvalue weighted by Gasteiger charge is 2.20. The van der Waals surface area contributed by atoms with Crippen molar-refractivity contribution in [2.24, 2.45) is 10.9 Å². The number of guanidine groups is 1. The number of rotatable bonds is 7. The number of sulfone groups is 1. The lowest BCUT2D eigenvalue weighted by atomic mass is 10.0. The molecule has 0 amide bonds. The molecule has 0 aromatic heterocycles. The third kappa shape index (κ3) is 6.08. The maximum atomic E-state index is 11.6. The average Bonchev–Trinajstić information content (AvgIpc) is 2.63. The van der Waals surface area contributed by atoms with Crippen LogP contribution < -0.4 is 10.6 Å². The molecule has 1 fully saturated rings. The molecule has 1 saturated heterocycles. The highest BCUT2D eigenvalue weighted by molar-refractivity contribution is 7.90. The molecular formula is C18H29N5O4S. The quantitative estimate of drug-likeness (QED) is 0.232. The summed E-state index contributed by atoms with van der Waals surface area (Å²) in [5.74, 6) is 1.49. The van der Waals surface area contributed by atoms with Gasteiger partial charge in [-0.25, -0.2) is 8.42 Å². The van der Waals surface area contributed by atoms with Crippen LogP contribution in [0.3, 0.4) is 0 Å². The number of anilines is 1. The van der Waals surface area contributed by atoms with Gasteiger partial charge in [0, 0.05) is 38.5 Å². The normalized spacial score (nSPS) is 18.0. The van der Waals surface area contributed by atoms with Crippen molar-refractivity contribution < 1.29 is 13.3 Å². The lowest BCUT2D eigenvalue weighted by Gasteiger charge is -2.33. The van der Waals surface area contributed by atoms with E-state index in [9.17, 15) is 18.5 Å². The molecule has 0 saturated carbocycles. The van der Waals surface area contributed by atoms with Crippen LogP contribution in [-0.4, -0.2) is 63.2 Å². The van der Waals surface area contributed by atoms with Crippen molar-refractivity contribution in [1.82, 2.24) is 10.2 Å². The Balaban J connectivity index is 2.04. The molecule has 10 heteroatoms. The van der Waals surface area contributed by atoms with Crippen molar-refractivity contribution >= 4 is 27.2 Å². The molecule has 1 heterocycles. The first kappa shape index (κ1) is 21.9. The minimum Gasteiger partial charge on any atom is -0.378 e. The second kappa shape index (κ2) is 9.72. The largest absolute Gasteiger partial charge is 0.378 e. The Labute approximate surface area is 166 Å². The number of piperidine rings is 1. The van der Waals surface area contributed by atoms with Crippen LogP contribution in [-0.2, 0) is 9.84 Å². The molecule has 2 N–H and O–H groups in total. The van der Waals surface area contributed by atoms with Gasteiger partial charge in [-0.2, -0.15) is 0 Å². The predicted molar refractivity (Wildman–Crippen MR) is 111 cm³/mol. The third-order valence-electron chi connectivity index (χ3n) is 4.57. The first-order chi connectivity index (χ1) is 13.2. The van der Waals surface area contributed by atoms with Crippen LogP contribution in [0.25, 0.3) is 0 Å². The van der Waals surface area contributed by atoms with Gasteiger partial charge >= 0.3 is 0 Å². The molecule has 1 aliphatic heterocycles. The van der Waals surface area contributed by atoms with E-state index >= 15 is 0 Å². The zero-order valence-electron chi connectivity index (χ0n) is 16.6. The summed E-state index contributed by atoms with van der Waals surface area (Å²) in [5, 5.41) is 17.6. The number of likely N-dealkylation sites (tertiary alicyclic amines) is 1. The molecule has 0 bridgehead atoms. The van der Waals surface area contributed by atoms with Crippen LogP contribution in [0.1, 0.15) is 26.7 Å². The lowest BCUT2D eigenvalue weighted by Crippen LogP contribution is -2.46.